The van der Waals surface area contributed by atoms with E-state index < -0.39 is 0 Å². The lowest BCUT2D eigenvalue weighted by atomic mass is 10.2. The van der Waals surface area contributed by atoms with Gasteiger partial charge in [-0.1, -0.05) is 12.1 Å². The van der Waals surface area contributed by atoms with E-state index in [1.165, 1.54) is 12.1 Å². The summed E-state index contributed by atoms with van der Waals surface area (Å²) < 4.78 is 18.1. The van der Waals surface area contributed by atoms with Crippen molar-refractivity contribution < 1.29 is 9.13 Å². The summed E-state index contributed by atoms with van der Waals surface area (Å²) in [4.78, 5) is 6.99. The van der Waals surface area contributed by atoms with Gasteiger partial charge < -0.3 is 9.72 Å². The van der Waals surface area contributed by atoms with Crippen LogP contribution in [0, 0.1) is 5.82 Å². The molecule has 0 amide bonds. The molecular weight excluding hydrogens is 219 g/mol. The van der Waals surface area contributed by atoms with Crippen LogP contribution in [-0.2, 0) is 17.8 Å². The van der Waals surface area contributed by atoms with E-state index in [9.17, 15) is 4.39 Å². The molecule has 0 unspecified atom stereocenters. The first-order valence-electron chi connectivity index (χ1n) is 5.64. The second-order valence-corrected chi connectivity index (χ2v) is 3.86. The molecule has 0 aliphatic rings. The Hall–Kier alpha value is -1.68. The lowest BCUT2D eigenvalue weighted by Gasteiger charge is -2.03. The van der Waals surface area contributed by atoms with E-state index in [0.717, 1.165) is 24.1 Å². The summed E-state index contributed by atoms with van der Waals surface area (Å²) >= 11 is 0. The Morgan fingerprint density at radius 1 is 1.24 bits per heavy atom. The van der Waals surface area contributed by atoms with Gasteiger partial charge in [-0.2, -0.15) is 0 Å². The molecular formula is C13H15FN2O. The maximum atomic E-state index is 12.6. The third kappa shape index (κ3) is 4.00. The number of imidazole rings is 1. The molecule has 0 fully saturated rings. The minimum Gasteiger partial charge on any atom is -0.377 e. The predicted molar refractivity (Wildman–Crippen MR) is 63.0 cm³/mol. The van der Waals surface area contributed by atoms with Crippen LogP contribution in [0.25, 0.3) is 0 Å². The van der Waals surface area contributed by atoms with Gasteiger partial charge in [0.15, 0.2) is 0 Å². The van der Waals surface area contributed by atoms with E-state index in [1.54, 1.807) is 18.5 Å². The van der Waals surface area contributed by atoms with Crippen LogP contribution in [0.15, 0.2) is 36.8 Å². The third-order valence-electron chi connectivity index (χ3n) is 2.47. The summed E-state index contributed by atoms with van der Waals surface area (Å²) in [6, 6.07) is 6.38. The van der Waals surface area contributed by atoms with Crippen LogP contribution < -0.4 is 0 Å². The average Bonchev–Trinajstić information content (AvgIpc) is 2.84. The lowest BCUT2D eigenvalue weighted by Crippen LogP contribution is -1.97. The molecule has 0 aliphatic heterocycles. The molecule has 0 bridgehead atoms. The highest BCUT2D eigenvalue weighted by atomic mass is 19.1. The van der Waals surface area contributed by atoms with Crippen LogP contribution >= 0.6 is 0 Å². The molecule has 1 aromatic heterocycles. The maximum Gasteiger partial charge on any atom is 0.123 e. The van der Waals surface area contributed by atoms with Crippen molar-refractivity contribution in [3.8, 4) is 0 Å². The molecule has 0 aliphatic carbocycles. The molecule has 3 nitrogen and oxygen atoms in total. The van der Waals surface area contributed by atoms with E-state index in [2.05, 4.69) is 9.97 Å². The molecule has 0 saturated heterocycles. The normalized spacial score (nSPS) is 10.6. The first kappa shape index (κ1) is 11.8. The standard InChI is InChI=1S/C13H15FN2O/c14-12-5-3-11(4-6-12)9-17-7-1-2-13-8-15-10-16-13/h3-6,8,10H,1-2,7,9H2,(H,15,16). The zero-order valence-corrected chi connectivity index (χ0v) is 9.53. The van der Waals surface area contributed by atoms with E-state index >= 15 is 0 Å². The predicted octanol–water partition coefficient (Wildman–Crippen LogP) is 2.70. The summed E-state index contributed by atoms with van der Waals surface area (Å²) in [6.45, 7) is 1.22. The Morgan fingerprint density at radius 3 is 2.76 bits per heavy atom. The number of hydrogen-bond acceptors (Lipinski definition) is 2. The van der Waals surface area contributed by atoms with Gasteiger partial charge in [0, 0.05) is 18.5 Å². The summed E-state index contributed by atoms with van der Waals surface area (Å²) in [5, 5.41) is 0. The van der Waals surface area contributed by atoms with Gasteiger partial charge in [0.25, 0.3) is 0 Å². The van der Waals surface area contributed by atoms with Crippen molar-refractivity contribution in [2.24, 2.45) is 0 Å². The molecule has 4 heteroatoms. The highest BCUT2D eigenvalue weighted by molar-refractivity contribution is 5.14. The zero-order valence-electron chi connectivity index (χ0n) is 9.53. The van der Waals surface area contributed by atoms with Crippen LogP contribution in [0.1, 0.15) is 17.7 Å². The molecule has 2 aromatic rings. The summed E-state index contributed by atoms with van der Waals surface area (Å²) in [5.74, 6) is -0.215. The summed E-state index contributed by atoms with van der Waals surface area (Å²) in [6.07, 6.45) is 5.38. The first-order chi connectivity index (χ1) is 8.34. The lowest BCUT2D eigenvalue weighted by molar-refractivity contribution is 0.118. The quantitative estimate of drug-likeness (QED) is 0.780. The van der Waals surface area contributed by atoms with E-state index in [1.807, 2.05) is 6.20 Å². The Morgan fingerprint density at radius 2 is 2.06 bits per heavy atom. The average molecular weight is 234 g/mol. The monoisotopic (exact) mass is 234 g/mol. The Bertz CT molecular complexity index is 425. The third-order valence-corrected chi connectivity index (χ3v) is 2.47. The zero-order chi connectivity index (χ0) is 11.9. The van der Waals surface area contributed by atoms with Crippen LogP contribution in [0.2, 0.25) is 0 Å². The van der Waals surface area contributed by atoms with Gasteiger partial charge in [0.1, 0.15) is 5.82 Å². The highest BCUT2D eigenvalue weighted by Gasteiger charge is 1.96. The highest BCUT2D eigenvalue weighted by Crippen LogP contribution is 2.05. The number of aromatic amines is 1. The molecule has 1 heterocycles. The van der Waals surface area contributed by atoms with Crippen molar-refractivity contribution in [3.05, 3.63) is 53.9 Å². The number of nitrogens with zero attached hydrogens (tertiary/aromatic N) is 1. The molecule has 2 rings (SSSR count). The Kier molecular flexibility index (Phi) is 4.27. The van der Waals surface area contributed by atoms with E-state index in [4.69, 9.17) is 4.74 Å². The van der Waals surface area contributed by atoms with Crippen molar-refractivity contribution in [2.45, 2.75) is 19.4 Å². The number of halogens is 1. The van der Waals surface area contributed by atoms with Crippen LogP contribution in [0.5, 0.6) is 0 Å². The van der Waals surface area contributed by atoms with Crippen molar-refractivity contribution in [2.75, 3.05) is 6.61 Å². The molecule has 0 radical (unpaired) electrons. The van der Waals surface area contributed by atoms with Crippen LogP contribution in [-0.4, -0.2) is 16.6 Å². The maximum absolute atomic E-state index is 12.6. The first-order valence-corrected chi connectivity index (χ1v) is 5.64. The van der Waals surface area contributed by atoms with Gasteiger partial charge in [0.05, 0.1) is 12.9 Å². The number of ether oxygens (including phenoxy) is 1. The van der Waals surface area contributed by atoms with Crippen LogP contribution in [0.4, 0.5) is 4.39 Å². The fourth-order valence-corrected chi connectivity index (χ4v) is 1.56. The second kappa shape index (κ2) is 6.15. The minimum atomic E-state index is -0.215. The SMILES string of the molecule is Fc1ccc(COCCCc2cnc[nH]2)cc1. The van der Waals surface area contributed by atoms with Gasteiger partial charge in [-0.25, -0.2) is 9.37 Å². The van der Waals surface area contributed by atoms with Crippen molar-refractivity contribution in [1.82, 2.24) is 9.97 Å². The number of H-pyrrole nitrogens is 1. The van der Waals surface area contributed by atoms with Crippen LogP contribution in [0.3, 0.4) is 0 Å². The number of aryl methyl sites for hydroxylation is 1. The second-order valence-electron chi connectivity index (χ2n) is 3.86. The van der Waals surface area contributed by atoms with Gasteiger partial charge in [-0.15, -0.1) is 0 Å². The van der Waals surface area contributed by atoms with Crippen molar-refractivity contribution in [3.63, 3.8) is 0 Å². The number of hydrogen-bond donors (Lipinski definition) is 1. The Labute approximate surface area is 99.7 Å². The number of rotatable bonds is 6. The Balaban J connectivity index is 1.61. The van der Waals surface area contributed by atoms with Gasteiger partial charge >= 0.3 is 0 Å². The summed E-state index contributed by atoms with van der Waals surface area (Å²) in [5.41, 5.74) is 2.11. The molecule has 17 heavy (non-hydrogen) atoms. The molecule has 0 saturated carbocycles. The van der Waals surface area contributed by atoms with Gasteiger partial charge in [0.2, 0.25) is 0 Å². The summed E-state index contributed by atoms with van der Waals surface area (Å²) in [7, 11) is 0. The van der Waals surface area contributed by atoms with E-state index in [-0.39, 0.29) is 5.82 Å². The van der Waals surface area contributed by atoms with Crippen molar-refractivity contribution in [1.29, 1.82) is 0 Å². The van der Waals surface area contributed by atoms with Gasteiger partial charge in [-0.05, 0) is 30.5 Å². The molecule has 0 spiro atoms. The molecule has 1 aromatic carbocycles. The van der Waals surface area contributed by atoms with E-state index in [0.29, 0.717) is 13.2 Å². The van der Waals surface area contributed by atoms with Gasteiger partial charge in [-0.3, -0.25) is 0 Å². The number of benzene rings is 1. The molecule has 0 atom stereocenters. The number of nitrogens with one attached hydrogen (secondary N) is 1. The molecule has 1 N–H and O–H groups in total. The number of aromatic nitrogens is 2. The minimum absolute atomic E-state index is 0.215. The molecule has 90 valence electrons. The largest absolute Gasteiger partial charge is 0.377 e. The topological polar surface area (TPSA) is 37.9 Å². The fraction of sp³-hybridized carbons (Fsp3) is 0.308. The fourth-order valence-electron chi connectivity index (χ4n) is 1.56. The van der Waals surface area contributed by atoms with Crippen molar-refractivity contribution >= 4 is 0 Å². The smallest absolute Gasteiger partial charge is 0.123 e.